The van der Waals surface area contributed by atoms with Crippen LogP contribution < -0.4 is 0 Å². The highest BCUT2D eigenvalue weighted by Gasteiger charge is 2.13. The first-order valence-corrected chi connectivity index (χ1v) is 4.99. The third-order valence-electron chi connectivity index (χ3n) is 1.74. The fourth-order valence-corrected chi connectivity index (χ4v) is 2.02. The van der Waals surface area contributed by atoms with Gasteiger partial charge in [-0.05, 0) is 13.3 Å². The zero-order valence-electron chi connectivity index (χ0n) is 8.07. The molecule has 0 unspecified atom stereocenters. The van der Waals surface area contributed by atoms with E-state index < -0.39 is 5.97 Å². The van der Waals surface area contributed by atoms with Crippen molar-refractivity contribution in [3.8, 4) is 0 Å². The summed E-state index contributed by atoms with van der Waals surface area (Å²) in [5.74, 6) is -0.421. The highest BCUT2D eigenvalue weighted by Crippen LogP contribution is 2.19. The lowest BCUT2D eigenvalue weighted by Crippen LogP contribution is -1.99. The molecule has 0 aliphatic carbocycles. The number of methoxy groups -OCH3 is 1. The highest BCUT2D eigenvalue weighted by atomic mass is 32.1. The second-order valence-corrected chi connectivity index (χ2v) is 3.81. The second-order valence-electron chi connectivity index (χ2n) is 2.72. The van der Waals surface area contributed by atoms with Crippen LogP contribution in [0.15, 0.2) is 0 Å². The lowest BCUT2D eigenvalue weighted by molar-refractivity contribution is -0.107. The van der Waals surface area contributed by atoms with Crippen LogP contribution in [-0.2, 0) is 16.0 Å². The predicted molar refractivity (Wildman–Crippen MR) is 52.6 cm³/mol. The molecule has 1 rings (SSSR count). The lowest BCUT2D eigenvalue weighted by Gasteiger charge is -1.90. The van der Waals surface area contributed by atoms with Gasteiger partial charge in [0.15, 0.2) is 0 Å². The summed E-state index contributed by atoms with van der Waals surface area (Å²) in [7, 11) is 1.32. The molecule has 0 aliphatic rings. The maximum atomic E-state index is 11.1. The third kappa shape index (κ3) is 2.38. The van der Waals surface area contributed by atoms with Crippen molar-refractivity contribution in [2.24, 2.45) is 0 Å². The van der Waals surface area contributed by atoms with E-state index in [1.54, 1.807) is 0 Å². The van der Waals surface area contributed by atoms with Crippen LogP contribution in [0, 0.1) is 6.92 Å². The first-order chi connectivity index (χ1) is 6.69. The van der Waals surface area contributed by atoms with E-state index in [0.29, 0.717) is 17.8 Å². The van der Waals surface area contributed by atoms with E-state index in [1.165, 1.54) is 18.4 Å². The van der Waals surface area contributed by atoms with Gasteiger partial charge in [-0.3, -0.25) is 0 Å². The maximum Gasteiger partial charge on any atom is 0.367 e. The number of hydrogen-bond donors (Lipinski definition) is 0. The molecular weight excluding hydrogens is 202 g/mol. The first-order valence-electron chi connectivity index (χ1n) is 4.17. The number of ether oxygens (including phenoxy) is 1. The van der Waals surface area contributed by atoms with Gasteiger partial charge in [0.25, 0.3) is 0 Å². The van der Waals surface area contributed by atoms with Crippen LogP contribution in [0.5, 0.6) is 0 Å². The van der Waals surface area contributed by atoms with E-state index in [9.17, 15) is 9.59 Å². The molecule has 0 aliphatic heterocycles. The molecule has 0 spiro atoms. The SMILES string of the molecule is COC(=O)c1nc(C)c(CCC=O)s1. The monoisotopic (exact) mass is 213 g/mol. The number of carbonyl (C=O) groups is 2. The number of nitrogens with zero attached hydrogens (tertiary/aromatic N) is 1. The van der Waals surface area contributed by atoms with Crippen LogP contribution in [0.3, 0.4) is 0 Å². The van der Waals surface area contributed by atoms with Gasteiger partial charge in [0.2, 0.25) is 5.01 Å². The van der Waals surface area contributed by atoms with Gasteiger partial charge in [-0.25, -0.2) is 9.78 Å². The third-order valence-corrected chi connectivity index (χ3v) is 2.94. The summed E-state index contributed by atoms with van der Waals surface area (Å²) in [6.07, 6.45) is 1.96. The van der Waals surface area contributed by atoms with E-state index in [0.717, 1.165) is 16.9 Å². The van der Waals surface area contributed by atoms with Crippen molar-refractivity contribution in [3.63, 3.8) is 0 Å². The Balaban J connectivity index is 2.81. The Labute approximate surface area is 85.9 Å². The number of carbonyl (C=O) groups excluding carboxylic acids is 2. The predicted octanol–water partition coefficient (Wildman–Crippen LogP) is 1.37. The molecule has 0 atom stereocenters. The Morgan fingerprint density at radius 3 is 2.93 bits per heavy atom. The summed E-state index contributed by atoms with van der Waals surface area (Å²) in [5, 5.41) is 0.353. The summed E-state index contributed by atoms with van der Waals surface area (Å²) in [6.45, 7) is 1.82. The van der Waals surface area contributed by atoms with Crippen LogP contribution >= 0.6 is 11.3 Å². The molecule has 0 fully saturated rings. The van der Waals surface area contributed by atoms with E-state index in [1.807, 2.05) is 6.92 Å². The highest BCUT2D eigenvalue weighted by molar-refractivity contribution is 7.13. The van der Waals surface area contributed by atoms with Crippen molar-refractivity contribution in [1.82, 2.24) is 4.98 Å². The van der Waals surface area contributed by atoms with Crippen molar-refractivity contribution in [2.45, 2.75) is 19.8 Å². The topological polar surface area (TPSA) is 56.3 Å². The number of esters is 1. The van der Waals surface area contributed by atoms with Gasteiger partial charge in [-0.2, -0.15) is 0 Å². The standard InChI is InChI=1S/C9H11NO3S/c1-6-7(4-3-5-11)14-8(10-6)9(12)13-2/h5H,3-4H2,1-2H3. The zero-order valence-corrected chi connectivity index (χ0v) is 8.89. The number of thiazole rings is 1. The van der Waals surface area contributed by atoms with Gasteiger partial charge < -0.3 is 9.53 Å². The zero-order chi connectivity index (χ0) is 10.6. The van der Waals surface area contributed by atoms with Crippen molar-refractivity contribution in [1.29, 1.82) is 0 Å². The van der Waals surface area contributed by atoms with E-state index >= 15 is 0 Å². The number of aromatic nitrogens is 1. The van der Waals surface area contributed by atoms with Crippen LogP contribution in [0.4, 0.5) is 0 Å². The summed E-state index contributed by atoms with van der Waals surface area (Å²) >= 11 is 1.29. The molecule has 0 amide bonds. The minimum Gasteiger partial charge on any atom is -0.464 e. The molecule has 0 saturated carbocycles. The molecular formula is C9H11NO3S. The van der Waals surface area contributed by atoms with Gasteiger partial charge in [0.05, 0.1) is 12.8 Å². The van der Waals surface area contributed by atoms with Gasteiger partial charge in [-0.1, -0.05) is 0 Å². The number of rotatable bonds is 4. The molecule has 76 valence electrons. The van der Waals surface area contributed by atoms with Crippen LogP contribution in [0.25, 0.3) is 0 Å². The Morgan fingerprint density at radius 2 is 2.36 bits per heavy atom. The summed E-state index contributed by atoms with van der Waals surface area (Å²) < 4.78 is 4.55. The smallest absolute Gasteiger partial charge is 0.367 e. The molecule has 4 nitrogen and oxygen atoms in total. The number of hydrogen-bond acceptors (Lipinski definition) is 5. The summed E-state index contributed by atoms with van der Waals surface area (Å²) in [4.78, 5) is 26.3. The lowest BCUT2D eigenvalue weighted by atomic mass is 10.2. The normalized spacial score (nSPS) is 9.86. The van der Waals surface area contributed by atoms with E-state index in [4.69, 9.17) is 0 Å². The van der Waals surface area contributed by atoms with Crippen LogP contribution in [-0.4, -0.2) is 24.3 Å². The summed E-state index contributed by atoms with van der Waals surface area (Å²) in [5.41, 5.74) is 0.803. The average molecular weight is 213 g/mol. The Hall–Kier alpha value is -1.23. The molecule has 1 aromatic rings. The molecule has 5 heteroatoms. The number of aryl methyl sites for hydroxylation is 2. The van der Waals surface area contributed by atoms with Crippen molar-refractivity contribution in [3.05, 3.63) is 15.6 Å². The molecule has 1 aromatic heterocycles. The fraction of sp³-hybridized carbons (Fsp3) is 0.444. The van der Waals surface area contributed by atoms with Crippen LogP contribution in [0.1, 0.15) is 26.8 Å². The minimum atomic E-state index is -0.421. The maximum absolute atomic E-state index is 11.1. The quantitative estimate of drug-likeness (QED) is 0.560. The second kappa shape index (κ2) is 4.85. The van der Waals surface area contributed by atoms with Crippen LogP contribution in [0.2, 0.25) is 0 Å². The average Bonchev–Trinajstić information content (AvgIpc) is 2.56. The number of aldehydes is 1. The van der Waals surface area contributed by atoms with Crippen molar-refractivity contribution < 1.29 is 14.3 Å². The molecule has 0 radical (unpaired) electrons. The molecule has 0 aromatic carbocycles. The largest absolute Gasteiger partial charge is 0.464 e. The molecule has 14 heavy (non-hydrogen) atoms. The van der Waals surface area contributed by atoms with Gasteiger partial charge >= 0.3 is 5.97 Å². The minimum absolute atomic E-state index is 0.353. The summed E-state index contributed by atoms with van der Waals surface area (Å²) in [6, 6.07) is 0. The molecule has 0 bridgehead atoms. The van der Waals surface area contributed by atoms with Gasteiger partial charge in [0, 0.05) is 11.3 Å². The Kier molecular flexibility index (Phi) is 3.76. The molecule has 0 N–H and O–H groups in total. The van der Waals surface area contributed by atoms with Gasteiger partial charge in [-0.15, -0.1) is 11.3 Å². The Bertz CT molecular complexity index is 346. The molecule has 0 saturated heterocycles. The van der Waals surface area contributed by atoms with Crippen molar-refractivity contribution >= 4 is 23.6 Å². The Morgan fingerprint density at radius 1 is 1.64 bits per heavy atom. The molecule has 1 heterocycles. The van der Waals surface area contributed by atoms with Gasteiger partial charge in [0.1, 0.15) is 6.29 Å². The van der Waals surface area contributed by atoms with Crippen molar-refractivity contribution in [2.75, 3.05) is 7.11 Å². The van der Waals surface area contributed by atoms with E-state index in [-0.39, 0.29) is 0 Å². The fourth-order valence-electron chi connectivity index (χ4n) is 1.02. The van der Waals surface area contributed by atoms with E-state index in [2.05, 4.69) is 9.72 Å². The first kappa shape index (κ1) is 10.8.